The van der Waals surface area contributed by atoms with Crippen molar-refractivity contribution in [2.75, 3.05) is 0 Å². The third-order valence-electron chi connectivity index (χ3n) is 3.30. The monoisotopic (exact) mass is 280 g/mol. The van der Waals surface area contributed by atoms with Gasteiger partial charge in [-0.05, 0) is 11.6 Å². The second-order valence-electron chi connectivity index (χ2n) is 4.47. The molecule has 2 heterocycles. The summed E-state index contributed by atoms with van der Waals surface area (Å²) < 4.78 is 1.86. The Kier molecular flexibility index (Phi) is 2.44. The molecule has 0 amide bonds. The molecule has 4 nitrogen and oxygen atoms in total. The van der Waals surface area contributed by atoms with E-state index in [-0.39, 0.29) is 0 Å². The van der Waals surface area contributed by atoms with Crippen LogP contribution in [-0.2, 0) is 0 Å². The molecule has 0 N–H and O–H groups in total. The lowest BCUT2D eigenvalue weighted by Gasteiger charge is -2.08. The van der Waals surface area contributed by atoms with Crippen molar-refractivity contribution < 1.29 is 0 Å². The van der Waals surface area contributed by atoms with Crippen LogP contribution in [0.15, 0.2) is 54.9 Å². The maximum atomic E-state index is 6.20. The van der Waals surface area contributed by atoms with Gasteiger partial charge < -0.3 is 0 Å². The summed E-state index contributed by atoms with van der Waals surface area (Å²) in [6.45, 7) is 0. The first-order valence-corrected chi connectivity index (χ1v) is 6.56. The fourth-order valence-corrected chi connectivity index (χ4v) is 2.61. The summed E-state index contributed by atoms with van der Waals surface area (Å²) in [5.41, 5.74) is 4.51. The average Bonchev–Trinajstić information content (AvgIpc) is 2.98. The van der Waals surface area contributed by atoms with Crippen molar-refractivity contribution in [3.8, 4) is 11.1 Å². The molecule has 5 heteroatoms. The lowest BCUT2D eigenvalue weighted by molar-refractivity contribution is 1.11. The number of nitrogens with zero attached hydrogens (tertiary/aromatic N) is 4. The molecule has 0 spiro atoms. The van der Waals surface area contributed by atoms with Crippen molar-refractivity contribution in [3.63, 3.8) is 0 Å². The molecule has 0 aliphatic heterocycles. The second kappa shape index (κ2) is 4.28. The van der Waals surface area contributed by atoms with Crippen LogP contribution in [0.4, 0.5) is 0 Å². The standard InChI is InChI=1S/C15H9ClN4/c16-14-15-19-17-9-20(15)12-8-4-7-11(13(12)18-14)10-5-2-1-3-6-10/h1-9H. The zero-order valence-corrected chi connectivity index (χ0v) is 11.1. The minimum Gasteiger partial charge on any atom is -0.277 e. The van der Waals surface area contributed by atoms with Crippen LogP contribution in [0.2, 0.25) is 5.15 Å². The van der Waals surface area contributed by atoms with E-state index in [1.165, 1.54) is 0 Å². The molecule has 4 aromatic rings. The molecule has 4 rings (SSSR count). The highest BCUT2D eigenvalue weighted by atomic mass is 35.5. The van der Waals surface area contributed by atoms with Crippen LogP contribution in [0.5, 0.6) is 0 Å². The first-order chi connectivity index (χ1) is 9.84. The first-order valence-electron chi connectivity index (χ1n) is 6.18. The minimum atomic E-state index is 0.360. The van der Waals surface area contributed by atoms with E-state index in [0.29, 0.717) is 10.8 Å². The zero-order chi connectivity index (χ0) is 13.5. The Morgan fingerprint density at radius 2 is 1.80 bits per heavy atom. The number of para-hydroxylation sites is 1. The van der Waals surface area contributed by atoms with Gasteiger partial charge >= 0.3 is 0 Å². The van der Waals surface area contributed by atoms with Crippen molar-refractivity contribution in [1.82, 2.24) is 19.6 Å². The molecule has 96 valence electrons. The van der Waals surface area contributed by atoms with E-state index in [2.05, 4.69) is 27.3 Å². The van der Waals surface area contributed by atoms with Crippen molar-refractivity contribution in [3.05, 3.63) is 60.0 Å². The fourth-order valence-electron chi connectivity index (χ4n) is 2.39. The zero-order valence-electron chi connectivity index (χ0n) is 10.4. The van der Waals surface area contributed by atoms with E-state index in [1.807, 2.05) is 40.8 Å². The summed E-state index contributed by atoms with van der Waals surface area (Å²) in [6.07, 6.45) is 1.65. The predicted molar refractivity (Wildman–Crippen MR) is 78.7 cm³/mol. The predicted octanol–water partition coefficient (Wildman–Crippen LogP) is 3.60. The van der Waals surface area contributed by atoms with Crippen LogP contribution in [0.25, 0.3) is 27.8 Å². The van der Waals surface area contributed by atoms with E-state index in [4.69, 9.17) is 11.6 Å². The van der Waals surface area contributed by atoms with Crippen LogP contribution < -0.4 is 0 Å². The Labute approximate surface area is 119 Å². The Morgan fingerprint density at radius 1 is 0.950 bits per heavy atom. The third kappa shape index (κ3) is 1.58. The average molecular weight is 281 g/mol. The number of fused-ring (bicyclic) bond motifs is 3. The Hall–Kier alpha value is -2.46. The largest absolute Gasteiger partial charge is 0.277 e. The summed E-state index contributed by atoms with van der Waals surface area (Å²) in [4.78, 5) is 4.49. The number of halogens is 1. The molecule has 0 aliphatic rings. The van der Waals surface area contributed by atoms with Gasteiger partial charge in [0.1, 0.15) is 6.33 Å². The lowest BCUT2D eigenvalue weighted by Crippen LogP contribution is -1.94. The van der Waals surface area contributed by atoms with Gasteiger partial charge in [-0.15, -0.1) is 10.2 Å². The Balaban J connectivity index is 2.16. The van der Waals surface area contributed by atoms with E-state index < -0.39 is 0 Å². The van der Waals surface area contributed by atoms with Crippen LogP contribution >= 0.6 is 11.6 Å². The quantitative estimate of drug-likeness (QED) is 0.535. The van der Waals surface area contributed by atoms with Gasteiger partial charge in [-0.3, -0.25) is 4.40 Å². The van der Waals surface area contributed by atoms with Gasteiger partial charge in [0.05, 0.1) is 11.0 Å². The van der Waals surface area contributed by atoms with E-state index in [9.17, 15) is 0 Å². The van der Waals surface area contributed by atoms with Crippen LogP contribution in [0.3, 0.4) is 0 Å². The van der Waals surface area contributed by atoms with E-state index >= 15 is 0 Å². The molecule has 20 heavy (non-hydrogen) atoms. The van der Waals surface area contributed by atoms with Gasteiger partial charge in [-0.2, -0.15) is 0 Å². The van der Waals surface area contributed by atoms with Crippen LogP contribution in [0.1, 0.15) is 0 Å². The normalized spacial score (nSPS) is 11.2. The maximum Gasteiger partial charge on any atom is 0.198 e. The molecule has 0 fully saturated rings. The van der Waals surface area contributed by atoms with Crippen molar-refractivity contribution in [1.29, 1.82) is 0 Å². The maximum absolute atomic E-state index is 6.20. The van der Waals surface area contributed by atoms with Gasteiger partial charge in [0.25, 0.3) is 0 Å². The Bertz CT molecular complexity index is 915. The Morgan fingerprint density at radius 3 is 2.65 bits per heavy atom. The highest BCUT2D eigenvalue weighted by molar-refractivity contribution is 6.32. The van der Waals surface area contributed by atoms with Gasteiger partial charge in [-0.25, -0.2) is 4.98 Å². The van der Waals surface area contributed by atoms with Crippen molar-refractivity contribution >= 4 is 28.3 Å². The summed E-state index contributed by atoms with van der Waals surface area (Å²) in [7, 11) is 0. The molecule has 0 saturated heterocycles. The SMILES string of the molecule is Clc1nc2c(-c3ccccc3)cccc2n2cnnc12. The topological polar surface area (TPSA) is 43.1 Å². The fraction of sp³-hybridized carbons (Fsp3) is 0. The molecule has 0 atom stereocenters. The number of rotatable bonds is 1. The molecular weight excluding hydrogens is 272 g/mol. The van der Waals surface area contributed by atoms with Gasteiger partial charge in [0.2, 0.25) is 0 Å². The summed E-state index contributed by atoms with van der Waals surface area (Å²) >= 11 is 6.20. The summed E-state index contributed by atoms with van der Waals surface area (Å²) in [5, 5.41) is 8.25. The number of hydrogen-bond acceptors (Lipinski definition) is 3. The number of benzene rings is 2. The highest BCUT2D eigenvalue weighted by Crippen LogP contribution is 2.29. The van der Waals surface area contributed by atoms with E-state index in [0.717, 1.165) is 22.2 Å². The minimum absolute atomic E-state index is 0.360. The van der Waals surface area contributed by atoms with Crippen LogP contribution in [-0.4, -0.2) is 19.6 Å². The number of aromatic nitrogens is 4. The molecule has 0 bridgehead atoms. The summed E-state index contributed by atoms with van der Waals surface area (Å²) in [6, 6.07) is 16.1. The molecule has 2 aromatic carbocycles. The lowest BCUT2D eigenvalue weighted by atomic mass is 10.0. The highest BCUT2D eigenvalue weighted by Gasteiger charge is 2.11. The molecule has 0 radical (unpaired) electrons. The van der Waals surface area contributed by atoms with Gasteiger partial charge in [-0.1, -0.05) is 54.1 Å². The third-order valence-corrected chi connectivity index (χ3v) is 3.55. The van der Waals surface area contributed by atoms with Crippen LogP contribution in [0, 0.1) is 0 Å². The molecular formula is C15H9ClN4. The first kappa shape index (κ1) is 11.4. The summed E-state index contributed by atoms with van der Waals surface area (Å²) in [5.74, 6) is 0. The number of hydrogen-bond donors (Lipinski definition) is 0. The van der Waals surface area contributed by atoms with Gasteiger partial charge in [0, 0.05) is 5.56 Å². The molecule has 0 saturated carbocycles. The van der Waals surface area contributed by atoms with E-state index in [1.54, 1.807) is 6.33 Å². The molecule has 0 aliphatic carbocycles. The molecule has 0 unspecified atom stereocenters. The van der Waals surface area contributed by atoms with Gasteiger partial charge in [0.15, 0.2) is 10.8 Å². The second-order valence-corrected chi connectivity index (χ2v) is 4.82. The van der Waals surface area contributed by atoms with Crippen molar-refractivity contribution in [2.24, 2.45) is 0 Å². The van der Waals surface area contributed by atoms with Crippen molar-refractivity contribution in [2.45, 2.75) is 0 Å². The molecule has 2 aromatic heterocycles. The smallest absolute Gasteiger partial charge is 0.198 e.